The first-order chi connectivity index (χ1) is 12.1. The van der Waals surface area contributed by atoms with E-state index < -0.39 is 54.5 Å². The lowest BCUT2D eigenvalue weighted by atomic mass is 9.97. The highest BCUT2D eigenvalue weighted by Gasteiger charge is 2.52. The fourth-order valence-electron chi connectivity index (χ4n) is 2.36. The average Bonchev–Trinajstić information content (AvgIpc) is 2.50. The SMILES string of the molecule is CC(=O)OCC1O[C@@H](N=C=S)C(OC(C)=O)[C@@H](OC(C)=O)[C@@H]1OC(C)=O. The standard InChI is InChI=1S/C15H19NO9S/c1-7(17)21-5-11-12(22-8(2)18)13(23-9(3)19)14(24-10(4)20)15(25-11)16-6-26/h11-15H,5H2,1-4H3/t11?,12-,13+,14?,15-/m1/s1. The first kappa shape index (κ1) is 21.7. The van der Waals surface area contributed by atoms with Gasteiger partial charge in [-0.1, -0.05) is 0 Å². The molecule has 0 N–H and O–H groups in total. The van der Waals surface area contributed by atoms with Crippen molar-refractivity contribution in [2.75, 3.05) is 6.61 Å². The molecular formula is C15H19NO9S. The molecule has 1 heterocycles. The van der Waals surface area contributed by atoms with Gasteiger partial charge in [0, 0.05) is 27.7 Å². The van der Waals surface area contributed by atoms with Crippen molar-refractivity contribution in [3.63, 3.8) is 0 Å². The number of esters is 4. The highest BCUT2D eigenvalue weighted by Crippen LogP contribution is 2.29. The van der Waals surface area contributed by atoms with E-state index in [9.17, 15) is 19.2 Å². The Kier molecular flexibility index (Phi) is 8.30. The molecular weight excluding hydrogens is 370 g/mol. The van der Waals surface area contributed by atoms with E-state index >= 15 is 0 Å². The Balaban J connectivity index is 3.28. The van der Waals surface area contributed by atoms with Crippen LogP contribution >= 0.6 is 12.2 Å². The van der Waals surface area contributed by atoms with Gasteiger partial charge in [0.1, 0.15) is 12.7 Å². The lowest BCUT2D eigenvalue weighted by Gasteiger charge is -2.42. The number of isothiocyanates is 1. The van der Waals surface area contributed by atoms with Crippen molar-refractivity contribution >= 4 is 41.3 Å². The van der Waals surface area contributed by atoms with Gasteiger partial charge in [-0.05, 0) is 12.2 Å². The minimum Gasteiger partial charge on any atom is -0.463 e. The maximum atomic E-state index is 11.5. The van der Waals surface area contributed by atoms with Crippen LogP contribution in [0, 0.1) is 0 Å². The summed E-state index contributed by atoms with van der Waals surface area (Å²) in [6.45, 7) is 4.26. The van der Waals surface area contributed by atoms with Crippen LogP contribution in [0.3, 0.4) is 0 Å². The summed E-state index contributed by atoms with van der Waals surface area (Å²) < 4.78 is 26.0. The third-order valence-corrected chi connectivity index (χ3v) is 3.25. The summed E-state index contributed by atoms with van der Waals surface area (Å²) in [5, 5.41) is 2.09. The number of carbonyl (C=O) groups is 4. The fourth-order valence-corrected chi connectivity index (χ4v) is 2.47. The zero-order valence-electron chi connectivity index (χ0n) is 14.6. The van der Waals surface area contributed by atoms with E-state index in [2.05, 4.69) is 22.4 Å². The van der Waals surface area contributed by atoms with E-state index in [1.54, 1.807) is 0 Å². The van der Waals surface area contributed by atoms with Crippen LogP contribution in [0.1, 0.15) is 27.7 Å². The summed E-state index contributed by atoms with van der Waals surface area (Å²) in [6, 6.07) is 0. The van der Waals surface area contributed by atoms with E-state index in [1.165, 1.54) is 6.92 Å². The molecule has 1 aliphatic heterocycles. The lowest BCUT2D eigenvalue weighted by Crippen LogP contribution is -2.61. The number of aliphatic imine (C=N–C) groups is 1. The molecule has 5 atom stereocenters. The van der Waals surface area contributed by atoms with Gasteiger partial charge in [0.2, 0.25) is 0 Å². The third kappa shape index (κ3) is 6.51. The second-order valence-electron chi connectivity index (χ2n) is 5.31. The van der Waals surface area contributed by atoms with Crippen molar-refractivity contribution in [1.82, 2.24) is 0 Å². The number of hydrogen-bond acceptors (Lipinski definition) is 11. The zero-order valence-corrected chi connectivity index (χ0v) is 15.4. The molecule has 11 heteroatoms. The molecule has 0 aromatic heterocycles. The number of thiocarbonyl (C=S) groups is 1. The van der Waals surface area contributed by atoms with Gasteiger partial charge in [-0.3, -0.25) is 19.2 Å². The maximum Gasteiger partial charge on any atom is 0.303 e. The number of ether oxygens (including phenoxy) is 5. The van der Waals surface area contributed by atoms with E-state index in [0.717, 1.165) is 20.8 Å². The molecule has 0 aliphatic carbocycles. The molecule has 1 rings (SSSR count). The van der Waals surface area contributed by atoms with Crippen molar-refractivity contribution in [2.24, 2.45) is 4.99 Å². The van der Waals surface area contributed by atoms with Crippen LogP contribution in [-0.2, 0) is 42.9 Å². The predicted octanol–water partition coefficient (Wildman–Crippen LogP) is 0.172. The maximum absolute atomic E-state index is 11.5. The van der Waals surface area contributed by atoms with Crippen molar-refractivity contribution in [2.45, 2.75) is 58.3 Å². The highest BCUT2D eigenvalue weighted by molar-refractivity contribution is 7.78. The molecule has 0 bridgehead atoms. The van der Waals surface area contributed by atoms with Gasteiger partial charge in [0.05, 0.1) is 5.16 Å². The Bertz CT molecular complexity index is 616. The molecule has 0 radical (unpaired) electrons. The van der Waals surface area contributed by atoms with Crippen LogP contribution in [0.4, 0.5) is 0 Å². The second-order valence-corrected chi connectivity index (χ2v) is 5.49. The Hall–Kier alpha value is -2.36. The molecule has 26 heavy (non-hydrogen) atoms. The summed E-state index contributed by atoms with van der Waals surface area (Å²) in [7, 11) is 0. The molecule has 1 saturated heterocycles. The quantitative estimate of drug-likeness (QED) is 0.268. The van der Waals surface area contributed by atoms with Gasteiger partial charge in [-0.2, -0.15) is 4.99 Å². The average molecular weight is 389 g/mol. The monoisotopic (exact) mass is 389 g/mol. The van der Waals surface area contributed by atoms with E-state index in [0.29, 0.717) is 0 Å². The number of nitrogens with zero attached hydrogens (tertiary/aromatic N) is 1. The predicted molar refractivity (Wildman–Crippen MR) is 87.0 cm³/mol. The molecule has 0 spiro atoms. The lowest BCUT2D eigenvalue weighted by molar-refractivity contribution is -0.250. The number of rotatable bonds is 6. The zero-order chi connectivity index (χ0) is 19.9. The third-order valence-electron chi connectivity index (χ3n) is 3.15. The minimum atomic E-state index is -1.26. The smallest absolute Gasteiger partial charge is 0.303 e. The molecule has 1 aliphatic rings. The molecule has 10 nitrogen and oxygen atoms in total. The van der Waals surface area contributed by atoms with Crippen LogP contribution in [0.15, 0.2) is 4.99 Å². The molecule has 144 valence electrons. The van der Waals surface area contributed by atoms with Gasteiger partial charge < -0.3 is 23.7 Å². The van der Waals surface area contributed by atoms with E-state index in [4.69, 9.17) is 23.7 Å². The molecule has 0 saturated carbocycles. The molecule has 0 amide bonds. The molecule has 2 unspecified atom stereocenters. The Labute approximate surface area is 154 Å². The van der Waals surface area contributed by atoms with Gasteiger partial charge in [0.25, 0.3) is 0 Å². The van der Waals surface area contributed by atoms with Gasteiger partial charge in [0.15, 0.2) is 24.5 Å². The second kappa shape index (κ2) is 9.95. The van der Waals surface area contributed by atoms with Crippen LogP contribution in [0.2, 0.25) is 0 Å². The Morgan fingerprint density at radius 2 is 1.38 bits per heavy atom. The summed E-state index contributed by atoms with van der Waals surface area (Å²) in [5.74, 6) is -2.74. The summed E-state index contributed by atoms with van der Waals surface area (Å²) >= 11 is 4.55. The summed E-state index contributed by atoms with van der Waals surface area (Å²) in [4.78, 5) is 49.3. The van der Waals surface area contributed by atoms with Crippen molar-refractivity contribution in [1.29, 1.82) is 0 Å². The van der Waals surface area contributed by atoms with Gasteiger partial charge >= 0.3 is 23.9 Å². The van der Waals surface area contributed by atoms with Crippen molar-refractivity contribution < 1.29 is 42.9 Å². The summed E-state index contributed by atoms with van der Waals surface area (Å²) in [6.07, 6.45) is -5.96. The van der Waals surface area contributed by atoms with E-state index in [1.807, 2.05) is 0 Å². The molecule has 0 aromatic carbocycles. The molecule has 1 fully saturated rings. The normalized spacial score (nSPS) is 27.5. The number of hydrogen-bond donors (Lipinski definition) is 0. The van der Waals surface area contributed by atoms with Crippen molar-refractivity contribution in [3.8, 4) is 0 Å². The topological polar surface area (TPSA) is 127 Å². The van der Waals surface area contributed by atoms with E-state index in [-0.39, 0.29) is 6.61 Å². The fraction of sp³-hybridized carbons (Fsp3) is 0.667. The first-order valence-corrected chi connectivity index (χ1v) is 7.94. The first-order valence-electron chi connectivity index (χ1n) is 7.53. The van der Waals surface area contributed by atoms with Crippen LogP contribution in [0.25, 0.3) is 0 Å². The Morgan fingerprint density at radius 3 is 1.85 bits per heavy atom. The van der Waals surface area contributed by atoms with Crippen molar-refractivity contribution in [3.05, 3.63) is 0 Å². The summed E-state index contributed by atoms with van der Waals surface area (Å²) in [5.41, 5.74) is 0. The number of carbonyl (C=O) groups excluding carboxylic acids is 4. The Morgan fingerprint density at radius 1 is 0.885 bits per heavy atom. The largest absolute Gasteiger partial charge is 0.463 e. The minimum absolute atomic E-state index is 0.318. The van der Waals surface area contributed by atoms with Crippen LogP contribution < -0.4 is 0 Å². The van der Waals surface area contributed by atoms with Gasteiger partial charge in [-0.25, -0.2) is 0 Å². The highest BCUT2D eigenvalue weighted by atomic mass is 32.1. The van der Waals surface area contributed by atoms with Crippen LogP contribution in [-0.4, -0.2) is 66.3 Å². The van der Waals surface area contributed by atoms with Gasteiger partial charge in [-0.15, -0.1) is 0 Å². The molecule has 0 aromatic rings. The van der Waals surface area contributed by atoms with Crippen LogP contribution in [0.5, 0.6) is 0 Å².